The zero-order chi connectivity index (χ0) is 15.1. The van der Waals surface area contributed by atoms with Crippen molar-refractivity contribution >= 4 is 16.9 Å². The van der Waals surface area contributed by atoms with Gasteiger partial charge < -0.3 is 19.4 Å². The van der Waals surface area contributed by atoms with E-state index in [2.05, 4.69) is 15.2 Å². The first-order chi connectivity index (χ1) is 10.7. The Morgan fingerprint density at radius 1 is 1.50 bits per heavy atom. The van der Waals surface area contributed by atoms with Gasteiger partial charge in [0.15, 0.2) is 0 Å². The number of furan rings is 1. The molecule has 2 aliphatic rings. The number of hydrogen-bond acceptors (Lipinski definition) is 5. The number of carbonyl (C=O) groups is 1. The molecular formula is C16H19N3O3. The number of rotatable bonds is 3. The molecule has 2 saturated heterocycles. The number of methoxy groups -OCH3 is 1. The molecule has 2 aromatic heterocycles. The van der Waals surface area contributed by atoms with Crippen LogP contribution in [0.25, 0.3) is 11.0 Å². The Balaban J connectivity index is 1.55. The van der Waals surface area contributed by atoms with Gasteiger partial charge in [-0.1, -0.05) is 0 Å². The number of pyridine rings is 1. The number of carbonyl (C=O) groups excluding carboxylic acids is 1. The van der Waals surface area contributed by atoms with Crippen molar-refractivity contribution in [3.8, 4) is 5.88 Å². The number of ether oxygens (including phenoxy) is 1. The molecular weight excluding hydrogens is 282 g/mol. The van der Waals surface area contributed by atoms with E-state index >= 15 is 0 Å². The lowest BCUT2D eigenvalue weighted by molar-refractivity contribution is 0.0903. The summed E-state index contributed by atoms with van der Waals surface area (Å²) in [5, 5.41) is 3.88. The maximum absolute atomic E-state index is 12.5. The summed E-state index contributed by atoms with van der Waals surface area (Å²) >= 11 is 0. The van der Waals surface area contributed by atoms with Crippen molar-refractivity contribution in [1.82, 2.24) is 15.2 Å². The largest absolute Gasteiger partial charge is 0.480 e. The first-order valence-electron chi connectivity index (χ1n) is 7.68. The van der Waals surface area contributed by atoms with Gasteiger partial charge in [-0.15, -0.1) is 0 Å². The fraction of sp³-hybridized carbons (Fsp3) is 0.500. The molecule has 1 N–H and O–H groups in total. The zero-order valence-electron chi connectivity index (χ0n) is 12.5. The predicted molar refractivity (Wildman–Crippen MR) is 81.0 cm³/mol. The van der Waals surface area contributed by atoms with Crippen LogP contribution in [0.15, 0.2) is 22.8 Å². The molecule has 116 valence electrons. The monoisotopic (exact) mass is 301 g/mol. The van der Waals surface area contributed by atoms with Gasteiger partial charge >= 0.3 is 0 Å². The number of piperidine rings is 1. The summed E-state index contributed by atoms with van der Waals surface area (Å²) in [6.07, 6.45) is 3.88. The highest BCUT2D eigenvalue weighted by atomic mass is 16.5. The first-order valence-corrected chi connectivity index (χ1v) is 7.68. The molecule has 0 aliphatic carbocycles. The minimum absolute atomic E-state index is 0.163. The van der Waals surface area contributed by atoms with E-state index in [1.807, 2.05) is 0 Å². The number of fused-ring (bicyclic) bond motifs is 3. The van der Waals surface area contributed by atoms with E-state index < -0.39 is 0 Å². The van der Waals surface area contributed by atoms with Crippen LogP contribution in [0.4, 0.5) is 0 Å². The summed E-state index contributed by atoms with van der Waals surface area (Å²) in [7, 11) is 1.54. The minimum atomic E-state index is -0.163. The second-order valence-electron chi connectivity index (χ2n) is 6.17. The summed E-state index contributed by atoms with van der Waals surface area (Å²) in [5.74, 6) is 0.974. The average molecular weight is 301 g/mol. The zero-order valence-corrected chi connectivity index (χ0v) is 12.5. The average Bonchev–Trinajstić information content (AvgIpc) is 3.12. The van der Waals surface area contributed by atoms with Crippen LogP contribution in [0.5, 0.6) is 5.88 Å². The van der Waals surface area contributed by atoms with Crippen molar-refractivity contribution in [3.05, 3.63) is 24.1 Å². The molecule has 3 unspecified atom stereocenters. The molecule has 0 spiro atoms. The molecule has 2 aliphatic heterocycles. The topological polar surface area (TPSA) is 67.6 Å². The number of nitrogens with one attached hydrogen (secondary N) is 1. The van der Waals surface area contributed by atoms with Gasteiger partial charge in [-0.3, -0.25) is 4.79 Å². The third kappa shape index (κ3) is 2.33. The molecule has 0 aromatic carbocycles. The number of amides is 1. The standard InChI is InChI=1S/C16H19N3O3/c1-21-16-12-3-5-22-14(12)7-13(18-16)15(20)17-11-6-10-2-4-19(8-10)9-11/h3,5,7,10-11H,2,4,6,8-9H2,1H3,(H,17,20). The fourth-order valence-electron chi connectivity index (χ4n) is 3.63. The quantitative estimate of drug-likeness (QED) is 0.934. The molecule has 4 rings (SSSR count). The fourth-order valence-corrected chi connectivity index (χ4v) is 3.63. The third-order valence-electron chi connectivity index (χ3n) is 4.64. The number of hydrogen-bond donors (Lipinski definition) is 1. The summed E-state index contributed by atoms with van der Waals surface area (Å²) in [4.78, 5) is 19.2. The molecule has 2 aromatic rings. The normalized spacial score (nSPS) is 27.0. The van der Waals surface area contributed by atoms with E-state index in [0.29, 0.717) is 23.1 Å². The molecule has 0 radical (unpaired) electrons. The lowest BCUT2D eigenvalue weighted by Crippen LogP contribution is -2.47. The molecule has 0 saturated carbocycles. The highest BCUT2D eigenvalue weighted by Crippen LogP contribution is 2.28. The van der Waals surface area contributed by atoms with Crippen LogP contribution in [0.3, 0.4) is 0 Å². The van der Waals surface area contributed by atoms with Crippen LogP contribution in [0.1, 0.15) is 23.3 Å². The van der Waals surface area contributed by atoms with Crippen LogP contribution in [0, 0.1) is 5.92 Å². The van der Waals surface area contributed by atoms with E-state index in [4.69, 9.17) is 9.15 Å². The van der Waals surface area contributed by atoms with Gasteiger partial charge in [0.05, 0.1) is 18.8 Å². The van der Waals surface area contributed by atoms with Crippen LogP contribution < -0.4 is 10.1 Å². The van der Waals surface area contributed by atoms with Crippen molar-refractivity contribution in [3.63, 3.8) is 0 Å². The Bertz CT molecular complexity index is 700. The molecule has 4 heterocycles. The molecule has 2 fully saturated rings. The Morgan fingerprint density at radius 2 is 2.41 bits per heavy atom. The Kier molecular flexibility index (Phi) is 3.26. The van der Waals surface area contributed by atoms with Crippen molar-refractivity contribution in [2.24, 2.45) is 5.92 Å². The van der Waals surface area contributed by atoms with Crippen molar-refractivity contribution in [1.29, 1.82) is 0 Å². The van der Waals surface area contributed by atoms with Crippen molar-refractivity contribution in [2.75, 3.05) is 26.7 Å². The minimum Gasteiger partial charge on any atom is -0.480 e. The smallest absolute Gasteiger partial charge is 0.270 e. The van der Waals surface area contributed by atoms with Gasteiger partial charge in [0.2, 0.25) is 5.88 Å². The van der Waals surface area contributed by atoms with E-state index in [-0.39, 0.29) is 11.9 Å². The molecule has 6 heteroatoms. The van der Waals surface area contributed by atoms with Crippen molar-refractivity contribution < 1.29 is 13.9 Å². The highest BCUT2D eigenvalue weighted by Gasteiger charge is 2.33. The van der Waals surface area contributed by atoms with Crippen LogP contribution in [-0.2, 0) is 0 Å². The number of aromatic nitrogens is 1. The van der Waals surface area contributed by atoms with Gasteiger partial charge in [0.1, 0.15) is 11.3 Å². The van der Waals surface area contributed by atoms with Gasteiger partial charge in [-0.25, -0.2) is 4.98 Å². The van der Waals surface area contributed by atoms with Gasteiger partial charge in [-0.05, 0) is 31.4 Å². The van der Waals surface area contributed by atoms with Gasteiger partial charge in [-0.2, -0.15) is 0 Å². The van der Waals surface area contributed by atoms with E-state index in [0.717, 1.165) is 24.9 Å². The SMILES string of the molecule is COc1nc(C(=O)NC2CC3CCN(C3)C2)cc2occc12. The van der Waals surface area contributed by atoms with Crippen LogP contribution in [-0.4, -0.2) is 48.6 Å². The Morgan fingerprint density at radius 3 is 3.23 bits per heavy atom. The lowest BCUT2D eigenvalue weighted by atomic mass is 9.97. The maximum Gasteiger partial charge on any atom is 0.270 e. The van der Waals surface area contributed by atoms with Crippen molar-refractivity contribution in [2.45, 2.75) is 18.9 Å². The molecule has 6 nitrogen and oxygen atoms in total. The third-order valence-corrected chi connectivity index (χ3v) is 4.64. The van der Waals surface area contributed by atoms with E-state index in [1.165, 1.54) is 13.0 Å². The summed E-state index contributed by atoms with van der Waals surface area (Å²) in [6, 6.07) is 3.66. The van der Waals surface area contributed by atoms with Gasteiger partial charge in [0, 0.05) is 25.2 Å². The summed E-state index contributed by atoms with van der Waals surface area (Å²) < 4.78 is 10.6. The lowest BCUT2D eigenvalue weighted by Gasteiger charge is -2.30. The van der Waals surface area contributed by atoms with E-state index in [1.54, 1.807) is 25.5 Å². The Labute approximate surface area is 128 Å². The molecule has 22 heavy (non-hydrogen) atoms. The summed E-state index contributed by atoms with van der Waals surface area (Å²) in [6.45, 7) is 3.26. The number of nitrogens with zero attached hydrogens (tertiary/aromatic N) is 2. The van der Waals surface area contributed by atoms with Crippen LogP contribution in [0.2, 0.25) is 0 Å². The Hall–Kier alpha value is -2.08. The summed E-state index contributed by atoms with van der Waals surface area (Å²) in [5.41, 5.74) is 0.955. The molecule has 2 bridgehead atoms. The first kappa shape index (κ1) is 13.6. The highest BCUT2D eigenvalue weighted by molar-refractivity contribution is 5.96. The molecule has 3 atom stereocenters. The molecule has 1 amide bonds. The second kappa shape index (κ2) is 5.28. The van der Waals surface area contributed by atoms with Crippen LogP contribution >= 0.6 is 0 Å². The van der Waals surface area contributed by atoms with Gasteiger partial charge in [0.25, 0.3) is 5.91 Å². The second-order valence-corrected chi connectivity index (χ2v) is 6.17. The predicted octanol–water partition coefficient (Wildman–Crippen LogP) is 1.66. The maximum atomic E-state index is 12.5. The van der Waals surface area contributed by atoms with E-state index in [9.17, 15) is 4.79 Å².